The van der Waals surface area contributed by atoms with Crippen LogP contribution in [0.3, 0.4) is 0 Å². The lowest BCUT2D eigenvalue weighted by molar-refractivity contribution is 1.28. The van der Waals surface area contributed by atoms with E-state index < -0.39 is 14.4 Å². The number of para-hydroxylation sites is 1. The van der Waals surface area contributed by atoms with Crippen LogP contribution in [0.15, 0.2) is 36.5 Å². The van der Waals surface area contributed by atoms with Crippen molar-refractivity contribution in [1.29, 1.82) is 0 Å². The normalized spacial score (nSPS) is 10.3. The highest BCUT2D eigenvalue weighted by atomic mass is 27.2. The fraction of sp³-hybridized carbons (Fsp3) is 0.250. The first-order valence-corrected chi connectivity index (χ1v) is 8.09. The topological polar surface area (TPSA) is 16.1 Å². The zero-order chi connectivity index (χ0) is 10.8. The smallest absolute Gasteiger partial charge is 0.407 e. The number of fused-ring (bicyclic) bond motifs is 1. The molecule has 1 aromatic heterocycles. The number of hydrogen-bond acceptors (Lipinski definition) is 2. The van der Waals surface area contributed by atoms with Crippen LogP contribution in [0.25, 0.3) is 10.9 Å². The van der Waals surface area contributed by atoms with Gasteiger partial charge >= 0.3 is 14.4 Å². The second-order valence-electron chi connectivity index (χ2n) is 4.06. The summed E-state index contributed by atoms with van der Waals surface area (Å²) in [5.41, 5.74) is 2.37. The summed E-state index contributed by atoms with van der Waals surface area (Å²) in [4.78, 5) is 4.47. The average Bonchev–Trinajstić information content (AvgIpc) is 2.27. The Morgan fingerprint density at radius 1 is 1.13 bits per heavy atom. The Morgan fingerprint density at radius 2 is 1.87 bits per heavy atom. The zero-order valence-corrected chi connectivity index (χ0v) is 10.6. The largest absolute Gasteiger partial charge is 0.464 e. The van der Waals surface area contributed by atoms with Gasteiger partial charge in [-0.3, -0.25) is 4.98 Å². The molecule has 0 saturated heterocycles. The molecule has 0 amide bonds. The van der Waals surface area contributed by atoms with Crippen molar-refractivity contribution < 1.29 is 0 Å². The van der Waals surface area contributed by atoms with Gasteiger partial charge < -0.3 is 3.88 Å². The van der Waals surface area contributed by atoms with Gasteiger partial charge in [-0.1, -0.05) is 29.8 Å². The van der Waals surface area contributed by atoms with Gasteiger partial charge in [0.1, 0.15) is 0 Å². The van der Waals surface area contributed by atoms with Gasteiger partial charge in [0.25, 0.3) is 0 Å². The van der Waals surface area contributed by atoms with E-state index >= 15 is 0 Å². The maximum Gasteiger partial charge on any atom is 0.407 e. The molecule has 76 valence electrons. The number of aromatic nitrogens is 1. The lowest BCUT2D eigenvalue weighted by Gasteiger charge is -2.22. The van der Waals surface area contributed by atoms with E-state index in [1.807, 2.05) is 12.3 Å². The molecule has 15 heavy (non-hydrogen) atoms. The maximum atomic E-state index is 4.47. The highest BCUT2D eigenvalue weighted by Crippen LogP contribution is 2.24. The van der Waals surface area contributed by atoms with Crippen molar-refractivity contribution in [2.45, 2.75) is 11.6 Å². The second-order valence-corrected chi connectivity index (χ2v) is 7.02. The number of anilines is 1. The molecule has 2 aromatic rings. The molecular weight excluding hydrogens is 199 g/mol. The molecule has 0 spiro atoms. The number of benzene rings is 1. The van der Waals surface area contributed by atoms with E-state index in [1.165, 1.54) is 11.1 Å². The molecule has 0 aliphatic rings. The molecule has 0 saturated carbocycles. The minimum Gasteiger partial charge on any atom is -0.464 e. The quantitative estimate of drug-likeness (QED) is 0.714. The molecule has 0 bridgehead atoms. The summed E-state index contributed by atoms with van der Waals surface area (Å²) >= 11 is -0.806. The van der Waals surface area contributed by atoms with Gasteiger partial charge in [0.2, 0.25) is 0 Å². The Morgan fingerprint density at radius 3 is 2.60 bits per heavy atom. The lowest BCUT2D eigenvalue weighted by Crippen LogP contribution is -2.30. The molecule has 0 radical (unpaired) electrons. The highest BCUT2D eigenvalue weighted by Gasteiger charge is 2.14. The van der Waals surface area contributed by atoms with Crippen molar-refractivity contribution in [2.75, 3.05) is 10.9 Å². The van der Waals surface area contributed by atoms with Crippen LogP contribution in [-0.4, -0.2) is 26.4 Å². The van der Waals surface area contributed by atoms with E-state index in [9.17, 15) is 0 Å². The Balaban J connectivity index is 2.60. The SMILES string of the molecule is C[N](c1cccc2cccnc12)[Al]([CH3])[CH3]. The van der Waals surface area contributed by atoms with Crippen LogP contribution in [0.1, 0.15) is 0 Å². The third kappa shape index (κ3) is 1.99. The summed E-state index contributed by atoms with van der Waals surface area (Å²) in [6.45, 7) is 0. The standard InChI is InChI=1S/C10H9N2.2CH3.Al/c1-11-9-6-2-4-8-5-3-7-12-10(8)9;;;/h2-7H,1H3;2*1H3;/q-1;;;+1. The van der Waals surface area contributed by atoms with Gasteiger partial charge in [-0.15, -0.1) is 0 Å². The Hall–Kier alpha value is -1.04. The minimum atomic E-state index is -0.806. The fourth-order valence-electron chi connectivity index (χ4n) is 1.65. The predicted molar refractivity (Wildman–Crippen MR) is 67.6 cm³/mol. The monoisotopic (exact) mass is 214 g/mol. The van der Waals surface area contributed by atoms with Crippen LogP contribution in [0, 0.1) is 0 Å². The fourth-order valence-corrected chi connectivity index (χ4v) is 2.42. The van der Waals surface area contributed by atoms with Crippen LogP contribution in [0.2, 0.25) is 11.6 Å². The number of rotatable bonds is 2. The summed E-state index contributed by atoms with van der Waals surface area (Å²) in [6, 6.07) is 10.5. The van der Waals surface area contributed by atoms with Crippen molar-refractivity contribution in [3.05, 3.63) is 36.5 Å². The van der Waals surface area contributed by atoms with Gasteiger partial charge in [-0.2, -0.15) is 0 Å². The second kappa shape index (κ2) is 4.22. The van der Waals surface area contributed by atoms with E-state index in [-0.39, 0.29) is 0 Å². The van der Waals surface area contributed by atoms with Crippen molar-refractivity contribution in [3.63, 3.8) is 0 Å². The van der Waals surface area contributed by atoms with Gasteiger partial charge in [-0.25, -0.2) is 0 Å². The summed E-state index contributed by atoms with van der Waals surface area (Å²) in [5, 5.41) is 1.22. The summed E-state index contributed by atoms with van der Waals surface area (Å²) in [6.07, 6.45) is 1.86. The molecule has 0 unspecified atom stereocenters. The molecule has 0 aliphatic heterocycles. The maximum absolute atomic E-state index is 4.47. The van der Waals surface area contributed by atoms with Crippen LogP contribution >= 0.6 is 0 Å². The van der Waals surface area contributed by atoms with Crippen LogP contribution in [0.5, 0.6) is 0 Å². The third-order valence-corrected chi connectivity index (χ3v) is 4.59. The zero-order valence-electron chi connectivity index (χ0n) is 9.44. The number of nitrogens with zero attached hydrogens (tertiary/aromatic N) is 2. The third-order valence-electron chi connectivity index (χ3n) is 2.77. The van der Waals surface area contributed by atoms with Gasteiger partial charge in [0.05, 0.1) is 5.52 Å². The van der Waals surface area contributed by atoms with E-state index in [0.717, 1.165) is 5.52 Å². The Bertz CT molecular complexity index is 463. The van der Waals surface area contributed by atoms with Crippen molar-refractivity contribution in [2.24, 2.45) is 0 Å². The first kappa shape index (κ1) is 10.5. The molecular formula is C12H15AlN2. The van der Waals surface area contributed by atoms with Gasteiger partial charge in [-0.05, 0) is 19.2 Å². The van der Waals surface area contributed by atoms with Crippen LogP contribution in [0.4, 0.5) is 5.69 Å². The van der Waals surface area contributed by atoms with Crippen molar-refractivity contribution in [1.82, 2.24) is 4.98 Å². The minimum absolute atomic E-state index is 0.806. The molecule has 1 heterocycles. The number of hydrogen-bond donors (Lipinski definition) is 0. The van der Waals surface area contributed by atoms with E-state index in [1.54, 1.807) is 0 Å². The summed E-state index contributed by atoms with van der Waals surface area (Å²) in [5.74, 6) is 4.64. The summed E-state index contributed by atoms with van der Waals surface area (Å²) < 4.78 is 2.38. The molecule has 0 fully saturated rings. The molecule has 0 N–H and O–H groups in total. The summed E-state index contributed by atoms with van der Waals surface area (Å²) in [7, 11) is 2.17. The van der Waals surface area contributed by atoms with Gasteiger partial charge in [0.15, 0.2) is 0 Å². The average molecular weight is 214 g/mol. The van der Waals surface area contributed by atoms with Crippen molar-refractivity contribution in [3.8, 4) is 0 Å². The molecule has 2 nitrogen and oxygen atoms in total. The first-order valence-electron chi connectivity index (χ1n) is 5.26. The number of pyridine rings is 1. The van der Waals surface area contributed by atoms with E-state index in [0.29, 0.717) is 0 Å². The molecule has 2 rings (SSSR count). The molecule has 3 heteroatoms. The lowest BCUT2D eigenvalue weighted by atomic mass is 10.2. The van der Waals surface area contributed by atoms with Crippen molar-refractivity contribution >= 4 is 31.0 Å². The Kier molecular flexibility index (Phi) is 2.95. The van der Waals surface area contributed by atoms with E-state index in [4.69, 9.17) is 0 Å². The highest BCUT2D eigenvalue weighted by molar-refractivity contribution is 6.60. The molecule has 0 aliphatic carbocycles. The molecule has 0 atom stereocenters. The van der Waals surface area contributed by atoms with Crippen LogP contribution < -0.4 is 3.88 Å². The van der Waals surface area contributed by atoms with Crippen LogP contribution in [-0.2, 0) is 0 Å². The van der Waals surface area contributed by atoms with E-state index in [2.05, 4.69) is 51.8 Å². The first-order chi connectivity index (χ1) is 7.20. The Labute approximate surface area is 95.2 Å². The molecule has 1 aromatic carbocycles. The van der Waals surface area contributed by atoms with Gasteiger partial charge in [0, 0.05) is 17.3 Å². The predicted octanol–water partition coefficient (Wildman–Crippen LogP) is 2.92.